The number of nitrogen functional groups attached to an aromatic ring is 1. The third kappa shape index (κ3) is 7.77. The van der Waals surface area contributed by atoms with E-state index in [2.05, 4.69) is 17.0 Å². The average molecular weight is 629 g/mol. The molecule has 0 aliphatic rings. The van der Waals surface area contributed by atoms with E-state index in [1.165, 1.54) is 0 Å². The molecule has 4 aromatic rings. The number of nitrogens with one attached hydrogen (secondary N) is 1. The lowest BCUT2D eigenvalue weighted by molar-refractivity contribution is -0.149. The Hall–Kier alpha value is -3.50. The van der Waals surface area contributed by atoms with Crippen LogP contribution < -0.4 is 15.3 Å². The normalized spacial score (nSPS) is 16.5. The number of carbonyl (C=O) groups is 1. The summed E-state index contributed by atoms with van der Waals surface area (Å²) in [5, 5.41) is 3.22. The fourth-order valence-corrected chi connectivity index (χ4v) is 6.42. The number of fused-ring (bicyclic) bond motifs is 3. The van der Waals surface area contributed by atoms with Gasteiger partial charge >= 0.3 is 13.7 Å². The summed E-state index contributed by atoms with van der Waals surface area (Å²) >= 11 is 0. The van der Waals surface area contributed by atoms with Crippen molar-refractivity contribution < 1.29 is 32.0 Å². The topological polar surface area (TPSA) is 140 Å². The van der Waals surface area contributed by atoms with Crippen LogP contribution in [0.3, 0.4) is 0 Å². The maximum atomic E-state index is 14.6. The summed E-state index contributed by atoms with van der Waals surface area (Å²) in [6.07, 6.45) is 1.51. The number of anilines is 1. The SMILES string of the molecule is [2H]C([2H])([2H])[C@H](N[P@@](=O)(OC[C@@](C)(CCCC)n1c(COCC)nc2c(N)nc3ccccc3c21)Oc1ccccc1)C(=O)OC(C)C. The van der Waals surface area contributed by atoms with Gasteiger partial charge in [0.25, 0.3) is 0 Å². The van der Waals surface area contributed by atoms with Gasteiger partial charge in [-0.25, -0.2) is 14.5 Å². The molecule has 2 aromatic carbocycles. The van der Waals surface area contributed by atoms with Crippen LogP contribution in [-0.2, 0) is 35.5 Å². The minimum absolute atomic E-state index is 0.148. The Balaban J connectivity index is 1.86. The van der Waals surface area contributed by atoms with Crippen LogP contribution in [0.4, 0.5) is 5.82 Å². The molecule has 0 bridgehead atoms. The molecule has 2 heterocycles. The molecule has 2 aromatic heterocycles. The summed E-state index contributed by atoms with van der Waals surface area (Å²) in [5.74, 6) is -0.155. The number of unbranched alkanes of at least 4 members (excludes halogenated alkanes) is 1. The molecule has 12 heteroatoms. The van der Waals surface area contributed by atoms with Crippen LogP contribution in [0.25, 0.3) is 21.9 Å². The highest BCUT2D eigenvalue weighted by Crippen LogP contribution is 2.47. The van der Waals surface area contributed by atoms with Crippen LogP contribution in [0.5, 0.6) is 5.75 Å². The second-order valence-corrected chi connectivity index (χ2v) is 12.7. The minimum Gasteiger partial charge on any atom is -0.462 e. The zero-order valence-corrected chi connectivity index (χ0v) is 26.8. The zero-order valence-electron chi connectivity index (χ0n) is 28.9. The van der Waals surface area contributed by atoms with E-state index in [1.54, 1.807) is 44.2 Å². The Morgan fingerprint density at radius 2 is 1.86 bits per heavy atom. The summed E-state index contributed by atoms with van der Waals surface area (Å²) in [5.41, 5.74) is 7.35. The number of pyridine rings is 1. The quantitative estimate of drug-likeness (QED) is 0.101. The average Bonchev–Trinajstić information content (AvgIpc) is 3.42. The fraction of sp³-hybridized carbons (Fsp3) is 0.469. The number of para-hydroxylation sites is 2. The number of hydrogen-bond acceptors (Lipinski definition) is 9. The lowest BCUT2D eigenvalue weighted by Crippen LogP contribution is -2.40. The van der Waals surface area contributed by atoms with Crippen molar-refractivity contribution in [3.63, 3.8) is 0 Å². The molecular formula is C32H44N5O6P. The van der Waals surface area contributed by atoms with E-state index in [4.69, 9.17) is 33.4 Å². The molecule has 11 nitrogen and oxygen atoms in total. The van der Waals surface area contributed by atoms with Gasteiger partial charge in [-0.05, 0) is 59.2 Å². The molecular weight excluding hydrogens is 581 g/mol. The molecule has 0 aliphatic carbocycles. The Labute approximate surface area is 263 Å². The van der Waals surface area contributed by atoms with E-state index in [-0.39, 0.29) is 24.8 Å². The second kappa shape index (κ2) is 14.5. The van der Waals surface area contributed by atoms with Gasteiger partial charge in [0.15, 0.2) is 5.82 Å². The minimum atomic E-state index is -4.59. The molecule has 238 valence electrons. The van der Waals surface area contributed by atoms with Crippen LogP contribution in [0, 0.1) is 0 Å². The molecule has 0 aliphatic heterocycles. The van der Waals surface area contributed by atoms with Crippen molar-refractivity contribution in [1.29, 1.82) is 0 Å². The number of rotatable bonds is 16. The van der Waals surface area contributed by atoms with E-state index < -0.39 is 38.3 Å². The van der Waals surface area contributed by atoms with Crippen molar-refractivity contribution in [2.75, 3.05) is 18.9 Å². The maximum absolute atomic E-state index is 14.6. The highest BCUT2D eigenvalue weighted by atomic mass is 31.2. The van der Waals surface area contributed by atoms with E-state index in [9.17, 15) is 9.36 Å². The largest absolute Gasteiger partial charge is 0.462 e. The molecule has 3 N–H and O–H groups in total. The molecule has 4 rings (SSSR count). The van der Waals surface area contributed by atoms with Crippen molar-refractivity contribution in [1.82, 2.24) is 19.6 Å². The number of benzene rings is 2. The number of imidazole rings is 1. The van der Waals surface area contributed by atoms with Crippen LogP contribution in [0.2, 0.25) is 0 Å². The van der Waals surface area contributed by atoms with Crippen molar-refractivity contribution >= 4 is 41.5 Å². The highest BCUT2D eigenvalue weighted by Gasteiger charge is 2.39. The van der Waals surface area contributed by atoms with Gasteiger partial charge in [-0.2, -0.15) is 5.09 Å². The Kier molecular flexibility index (Phi) is 9.64. The molecule has 0 amide bonds. The fourth-order valence-electron chi connectivity index (χ4n) is 4.97. The van der Waals surface area contributed by atoms with Gasteiger partial charge in [-0.15, -0.1) is 0 Å². The third-order valence-electron chi connectivity index (χ3n) is 7.02. The zero-order chi connectivity index (χ0) is 34.4. The lowest BCUT2D eigenvalue weighted by atomic mass is 9.94. The molecule has 0 saturated heterocycles. The molecule has 0 unspecified atom stereocenters. The van der Waals surface area contributed by atoms with Crippen molar-refractivity contribution in [3.05, 3.63) is 60.4 Å². The van der Waals surface area contributed by atoms with E-state index >= 15 is 0 Å². The number of hydrogen-bond donors (Lipinski definition) is 2. The Bertz CT molecular complexity index is 1720. The van der Waals surface area contributed by atoms with Crippen LogP contribution in [0.15, 0.2) is 54.6 Å². The van der Waals surface area contributed by atoms with Gasteiger partial charge in [0, 0.05) is 16.1 Å². The maximum Gasteiger partial charge on any atom is 0.459 e. The predicted molar refractivity (Wildman–Crippen MR) is 172 cm³/mol. The third-order valence-corrected chi connectivity index (χ3v) is 8.52. The number of nitrogens with zero attached hydrogens (tertiary/aromatic N) is 3. The van der Waals surface area contributed by atoms with Gasteiger partial charge in [-0.3, -0.25) is 9.32 Å². The Morgan fingerprint density at radius 3 is 2.55 bits per heavy atom. The van der Waals surface area contributed by atoms with Gasteiger partial charge in [0.2, 0.25) is 0 Å². The molecule has 0 fully saturated rings. The summed E-state index contributed by atoms with van der Waals surface area (Å²) in [7, 11) is -4.59. The molecule has 0 spiro atoms. The summed E-state index contributed by atoms with van der Waals surface area (Å²) in [6.45, 7) is 6.46. The lowest BCUT2D eigenvalue weighted by Gasteiger charge is -2.35. The Morgan fingerprint density at radius 1 is 1.14 bits per heavy atom. The van der Waals surface area contributed by atoms with Crippen molar-refractivity contribution in [2.24, 2.45) is 0 Å². The smallest absolute Gasteiger partial charge is 0.459 e. The first-order valence-corrected chi connectivity index (χ1v) is 16.4. The highest BCUT2D eigenvalue weighted by molar-refractivity contribution is 7.52. The number of nitrogens with two attached hydrogens (primary N) is 1. The second-order valence-electron chi connectivity index (χ2n) is 11.0. The summed E-state index contributed by atoms with van der Waals surface area (Å²) in [4.78, 5) is 22.4. The van der Waals surface area contributed by atoms with Crippen molar-refractivity contribution in [2.45, 2.75) is 85.0 Å². The van der Waals surface area contributed by atoms with Gasteiger partial charge in [0.05, 0.1) is 29.3 Å². The molecule has 0 radical (unpaired) electrons. The summed E-state index contributed by atoms with van der Waals surface area (Å²) in [6, 6.07) is 13.7. The standard InChI is InChI=1S/C32H44N5O6P/c1-7-9-19-32(6,21-41-44(39,43-24-15-11-10-12-16-24)36-23(5)31(38)42-22(3)4)37-27(20-40-8-2)35-28-29(37)25-17-13-14-18-26(25)34-30(28)33/h10-18,22-23H,7-9,19-21H2,1-6H3,(H2,33,34)(H,36,39)/t23-,32+,44+/m0/s1/i5D3. The predicted octanol–water partition coefficient (Wildman–Crippen LogP) is 6.74. The first-order chi connectivity index (χ1) is 22.2. The van der Waals surface area contributed by atoms with Gasteiger partial charge in [0.1, 0.15) is 29.7 Å². The van der Waals surface area contributed by atoms with Crippen LogP contribution in [-0.4, -0.2) is 45.9 Å². The van der Waals surface area contributed by atoms with E-state index in [0.29, 0.717) is 35.4 Å². The van der Waals surface area contributed by atoms with E-state index in [0.717, 1.165) is 18.2 Å². The summed E-state index contributed by atoms with van der Waals surface area (Å²) < 4.78 is 63.8. The molecule has 3 atom stereocenters. The number of ether oxygens (including phenoxy) is 2. The number of carbonyl (C=O) groups excluding carboxylic acids is 1. The van der Waals surface area contributed by atoms with Crippen molar-refractivity contribution in [3.8, 4) is 5.75 Å². The monoisotopic (exact) mass is 628 g/mol. The molecule has 44 heavy (non-hydrogen) atoms. The first-order valence-electron chi connectivity index (χ1n) is 16.3. The number of aromatic nitrogens is 3. The van der Waals surface area contributed by atoms with Gasteiger partial charge in [-0.1, -0.05) is 56.2 Å². The van der Waals surface area contributed by atoms with Crippen LogP contribution in [0.1, 0.15) is 70.7 Å². The van der Waals surface area contributed by atoms with E-state index in [1.807, 2.05) is 42.7 Å². The number of esters is 1. The first kappa shape index (κ1) is 29.2. The van der Waals surface area contributed by atoms with Crippen LogP contribution >= 0.6 is 7.75 Å². The van der Waals surface area contributed by atoms with Gasteiger partial charge < -0.3 is 24.3 Å². The molecule has 0 saturated carbocycles.